The van der Waals surface area contributed by atoms with Crippen LogP contribution in [0.3, 0.4) is 0 Å². The molecule has 0 unspecified atom stereocenters. The standard InChI is InChI=1S/C13H24N2O3/c1-10(2)12(13(17)18)14-11(16)6-9-15-7-4-3-5-8-15/h10,12H,3-9H2,1-2H3,(H,14,16)(H,17,18)/t12-/m0/s1. The van der Waals surface area contributed by atoms with Gasteiger partial charge in [-0.2, -0.15) is 0 Å². The highest BCUT2D eigenvalue weighted by molar-refractivity contribution is 5.83. The second-order valence-electron chi connectivity index (χ2n) is 5.28. The maximum absolute atomic E-state index is 11.7. The molecule has 1 heterocycles. The van der Waals surface area contributed by atoms with E-state index in [2.05, 4.69) is 10.2 Å². The van der Waals surface area contributed by atoms with Crippen LogP contribution >= 0.6 is 0 Å². The second-order valence-corrected chi connectivity index (χ2v) is 5.28. The summed E-state index contributed by atoms with van der Waals surface area (Å²) in [6.07, 6.45) is 4.06. The molecule has 1 fully saturated rings. The number of hydrogen-bond acceptors (Lipinski definition) is 3. The molecule has 104 valence electrons. The third-order valence-electron chi connectivity index (χ3n) is 3.35. The lowest BCUT2D eigenvalue weighted by Crippen LogP contribution is -2.45. The lowest BCUT2D eigenvalue weighted by Gasteiger charge is -2.26. The van der Waals surface area contributed by atoms with E-state index in [0.29, 0.717) is 6.42 Å². The highest BCUT2D eigenvalue weighted by atomic mass is 16.4. The van der Waals surface area contributed by atoms with Crippen LogP contribution in [0.1, 0.15) is 39.5 Å². The van der Waals surface area contributed by atoms with E-state index < -0.39 is 12.0 Å². The van der Waals surface area contributed by atoms with Gasteiger partial charge in [-0.3, -0.25) is 4.79 Å². The summed E-state index contributed by atoms with van der Waals surface area (Å²) in [5, 5.41) is 11.6. The van der Waals surface area contributed by atoms with Gasteiger partial charge in [0.2, 0.25) is 5.91 Å². The summed E-state index contributed by atoms with van der Waals surface area (Å²) in [7, 11) is 0. The number of carbonyl (C=O) groups excluding carboxylic acids is 1. The van der Waals surface area contributed by atoms with Crippen LogP contribution in [-0.4, -0.2) is 47.6 Å². The molecular weight excluding hydrogens is 232 g/mol. The molecular formula is C13H24N2O3. The van der Waals surface area contributed by atoms with Gasteiger partial charge in [-0.25, -0.2) is 4.79 Å². The van der Waals surface area contributed by atoms with Gasteiger partial charge in [0.15, 0.2) is 0 Å². The molecule has 0 radical (unpaired) electrons. The van der Waals surface area contributed by atoms with Crippen molar-refractivity contribution in [2.24, 2.45) is 5.92 Å². The van der Waals surface area contributed by atoms with Crippen LogP contribution in [-0.2, 0) is 9.59 Å². The summed E-state index contributed by atoms with van der Waals surface area (Å²) in [5.41, 5.74) is 0. The van der Waals surface area contributed by atoms with Crippen molar-refractivity contribution in [1.29, 1.82) is 0 Å². The van der Waals surface area contributed by atoms with Crippen molar-refractivity contribution in [2.45, 2.75) is 45.6 Å². The number of hydrogen-bond donors (Lipinski definition) is 2. The van der Waals surface area contributed by atoms with Crippen molar-refractivity contribution in [3.63, 3.8) is 0 Å². The first-order valence-corrected chi connectivity index (χ1v) is 6.75. The fraction of sp³-hybridized carbons (Fsp3) is 0.846. The zero-order valence-corrected chi connectivity index (χ0v) is 11.3. The average Bonchev–Trinajstić information content (AvgIpc) is 2.34. The smallest absolute Gasteiger partial charge is 0.326 e. The highest BCUT2D eigenvalue weighted by Gasteiger charge is 2.23. The third-order valence-corrected chi connectivity index (χ3v) is 3.35. The molecule has 1 saturated heterocycles. The monoisotopic (exact) mass is 256 g/mol. The quantitative estimate of drug-likeness (QED) is 0.746. The summed E-state index contributed by atoms with van der Waals surface area (Å²) in [6, 6.07) is -0.779. The van der Waals surface area contributed by atoms with Gasteiger partial charge in [-0.1, -0.05) is 20.3 Å². The molecule has 0 spiro atoms. The number of carbonyl (C=O) groups is 2. The Hall–Kier alpha value is -1.10. The fourth-order valence-electron chi connectivity index (χ4n) is 2.20. The van der Waals surface area contributed by atoms with Crippen molar-refractivity contribution in [3.8, 4) is 0 Å². The zero-order chi connectivity index (χ0) is 13.5. The van der Waals surface area contributed by atoms with Crippen LogP contribution in [0.5, 0.6) is 0 Å². The van der Waals surface area contributed by atoms with Gasteiger partial charge in [-0.05, 0) is 31.8 Å². The molecule has 18 heavy (non-hydrogen) atoms. The molecule has 0 saturated carbocycles. The molecule has 0 bridgehead atoms. The van der Waals surface area contributed by atoms with Gasteiger partial charge < -0.3 is 15.3 Å². The normalized spacial score (nSPS) is 18.6. The molecule has 2 N–H and O–H groups in total. The van der Waals surface area contributed by atoms with Crippen LogP contribution in [0.4, 0.5) is 0 Å². The number of carboxylic acid groups (broad SMARTS) is 1. The van der Waals surface area contributed by atoms with E-state index in [1.165, 1.54) is 19.3 Å². The Morgan fingerprint density at radius 1 is 1.22 bits per heavy atom. The van der Waals surface area contributed by atoms with Crippen molar-refractivity contribution in [3.05, 3.63) is 0 Å². The summed E-state index contributed by atoms with van der Waals surface area (Å²) in [6.45, 7) is 6.43. The third kappa shape index (κ3) is 5.04. The van der Waals surface area contributed by atoms with Gasteiger partial charge in [0.1, 0.15) is 6.04 Å². The Morgan fingerprint density at radius 3 is 2.33 bits per heavy atom. The number of amides is 1. The molecule has 0 aromatic heterocycles. The number of aliphatic carboxylic acids is 1. The van der Waals surface area contributed by atoms with E-state index in [4.69, 9.17) is 5.11 Å². The predicted octanol–water partition coefficient (Wildman–Crippen LogP) is 1.09. The van der Waals surface area contributed by atoms with Gasteiger partial charge in [0, 0.05) is 13.0 Å². The maximum atomic E-state index is 11.7. The Balaban J connectivity index is 2.29. The second kappa shape index (κ2) is 7.36. The Bertz CT molecular complexity index is 286. The van der Waals surface area contributed by atoms with Crippen molar-refractivity contribution < 1.29 is 14.7 Å². The zero-order valence-electron chi connectivity index (χ0n) is 11.3. The minimum Gasteiger partial charge on any atom is -0.480 e. The average molecular weight is 256 g/mol. The minimum absolute atomic E-state index is 0.0959. The maximum Gasteiger partial charge on any atom is 0.326 e. The Kier molecular flexibility index (Phi) is 6.12. The first-order chi connectivity index (χ1) is 8.50. The topological polar surface area (TPSA) is 69.6 Å². The Morgan fingerprint density at radius 2 is 1.83 bits per heavy atom. The molecule has 1 rings (SSSR count). The first kappa shape index (κ1) is 15.0. The van der Waals surface area contributed by atoms with E-state index >= 15 is 0 Å². The number of piperidine rings is 1. The number of nitrogens with zero attached hydrogens (tertiary/aromatic N) is 1. The van der Waals surface area contributed by atoms with E-state index in [0.717, 1.165) is 19.6 Å². The van der Waals surface area contributed by atoms with Gasteiger partial charge >= 0.3 is 5.97 Å². The SMILES string of the molecule is CC(C)[C@H](NC(=O)CCN1CCCCC1)C(=O)O. The van der Waals surface area contributed by atoms with Crippen LogP contribution in [0, 0.1) is 5.92 Å². The number of nitrogens with one attached hydrogen (secondary N) is 1. The molecule has 5 heteroatoms. The van der Waals surface area contributed by atoms with E-state index in [-0.39, 0.29) is 11.8 Å². The lowest BCUT2D eigenvalue weighted by atomic mass is 10.0. The summed E-state index contributed by atoms with van der Waals surface area (Å²) < 4.78 is 0. The summed E-state index contributed by atoms with van der Waals surface area (Å²) in [4.78, 5) is 24.9. The Labute approximate surface area is 109 Å². The van der Waals surface area contributed by atoms with E-state index in [1.54, 1.807) is 13.8 Å². The molecule has 0 aromatic rings. The number of rotatable bonds is 6. The fourth-order valence-corrected chi connectivity index (χ4v) is 2.20. The van der Waals surface area contributed by atoms with Crippen molar-refractivity contribution in [2.75, 3.05) is 19.6 Å². The van der Waals surface area contributed by atoms with Crippen molar-refractivity contribution in [1.82, 2.24) is 10.2 Å². The van der Waals surface area contributed by atoms with Crippen molar-refractivity contribution >= 4 is 11.9 Å². The van der Waals surface area contributed by atoms with Crippen LogP contribution < -0.4 is 5.32 Å². The highest BCUT2D eigenvalue weighted by Crippen LogP contribution is 2.09. The molecule has 0 aromatic carbocycles. The minimum atomic E-state index is -0.962. The molecule has 0 aliphatic carbocycles. The lowest BCUT2D eigenvalue weighted by molar-refractivity contribution is -0.143. The van der Waals surface area contributed by atoms with Gasteiger partial charge in [0.05, 0.1) is 0 Å². The first-order valence-electron chi connectivity index (χ1n) is 6.75. The van der Waals surface area contributed by atoms with Gasteiger partial charge in [0.25, 0.3) is 0 Å². The number of likely N-dealkylation sites (tertiary alicyclic amines) is 1. The molecule has 1 aliphatic heterocycles. The molecule has 1 atom stereocenters. The molecule has 1 aliphatic rings. The van der Waals surface area contributed by atoms with Crippen LogP contribution in [0.15, 0.2) is 0 Å². The van der Waals surface area contributed by atoms with E-state index in [9.17, 15) is 9.59 Å². The summed E-state index contributed by atoms with van der Waals surface area (Å²) in [5.74, 6) is -1.22. The van der Waals surface area contributed by atoms with Crippen LogP contribution in [0.25, 0.3) is 0 Å². The van der Waals surface area contributed by atoms with Gasteiger partial charge in [-0.15, -0.1) is 0 Å². The molecule has 1 amide bonds. The number of carboxylic acids is 1. The largest absolute Gasteiger partial charge is 0.480 e. The van der Waals surface area contributed by atoms with Crippen LogP contribution in [0.2, 0.25) is 0 Å². The molecule has 5 nitrogen and oxygen atoms in total. The van der Waals surface area contributed by atoms with E-state index in [1.807, 2.05) is 0 Å². The summed E-state index contributed by atoms with van der Waals surface area (Å²) >= 11 is 0. The predicted molar refractivity (Wildman–Crippen MR) is 69.3 cm³/mol.